The molecule has 0 aromatic heterocycles. The summed E-state index contributed by atoms with van der Waals surface area (Å²) in [7, 11) is -3.77. The Bertz CT molecular complexity index is 1280. The molecule has 6 nitrogen and oxygen atoms in total. The molecule has 3 aromatic carbocycles. The molecule has 0 saturated heterocycles. The van der Waals surface area contributed by atoms with E-state index >= 15 is 0 Å². The summed E-state index contributed by atoms with van der Waals surface area (Å²) in [4.78, 5) is 13.6. The SMILES string of the molecule is CCC1(CC)C[C@H](NC(=O)c2cccc(NS(=O)(=O)c3ccccc3)c2C)c2ccccc2O1. The lowest BCUT2D eigenvalue weighted by molar-refractivity contribution is 0.0227. The Labute approximate surface area is 201 Å². The number of hydrogen-bond donors (Lipinski definition) is 2. The number of benzene rings is 3. The average Bonchev–Trinajstić information content (AvgIpc) is 2.85. The molecule has 0 saturated carbocycles. The van der Waals surface area contributed by atoms with E-state index in [1.807, 2.05) is 24.3 Å². The molecule has 7 heteroatoms. The third-order valence-corrected chi connectivity index (χ3v) is 8.05. The Balaban J connectivity index is 1.61. The maximum Gasteiger partial charge on any atom is 0.261 e. The highest BCUT2D eigenvalue weighted by Gasteiger charge is 2.39. The number of hydrogen-bond acceptors (Lipinski definition) is 4. The van der Waals surface area contributed by atoms with Gasteiger partial charge in [0.2, 0.25) is 0 Å². The van der Waals surface area contributed by atoms with E-state index in [1.165, 1.54) is 12.1 Å². The van der Waals surface area contributed by atoms with Gasteiger partial charge in [-0.3, -0.25) is 9.52 Å². The summed E-state index contributed by atoms with van der Waals surface area (Å²) >= 11 is 0. The first-order valence-corrected chi connectivity index (χ1v) is 13.0. The van der Waals surface area contributed by atoms with Crippen LogP contribution in [0.15, 0.2) is 77.7 Å². The van der Waals surface area contributed by atoms with Gasteiger partial charge >= 0.3 is 0 Å². The van der Waals surface area contributed by atoms with Crippen LogP contribution in [0.25, 0.3) is 0 Å². The van der Waals surface area contributed by atoms with Crippen LogP contribution in [-0.2, 0) is 10.0 Å². The summed E-state index contributed by atoms with van der Waals surface area (Å²) in [5.41, 5.74) is 1.98. The molecule has 0 unspecified atom stereocenters. The van der Waals surface area contributed by atoms with Gasteiger partial charge in [-0.05, 0) is 55.7 Å². The van der Waals surface area contributed by atoms with E-state index in [0.29, 0.717) is 23.2 Å². The highest BCUT2D eigenvalue weighted by molar-refractivity contribution is 7.92. The second kappa shape index (κ2) is 9.50. The molecule has 4 rings (SSSR count). The first kappa shape index (κ1) is 23.8. The molecule has 34 heavy (non-hydrogen) atoms. The van der Waals surface area contributed by atoms with E-state index in [2.05, 4.69) is 23.9 Å². The Morgan fingerprint density at radius 3 is 2.35 bits per heavy atom. The molecule has 1 heterocycles. The van der Waals surface area contributed by atoms with E-state index in [9.17, 15) is 13.2 Å². The fraction of sp³-hybridized carbons (Fsp3) is 0.296. The van der Waals surface area contributed by atoms with Crippen LogP contribution in [0.2, 0.25) is 0 Å². The minimum Gasteiger partial charge on any atom is -0.487 e. The van der Waals surface area contributed by atoms with Crippen molar-refractivity contribution in [3.63, 3.8) is 0 Å². The van der Waals surface area contributed by atoms with Gasteiger partial charge in [-0.25, -0.2) is 8.42 Å². The molecule has 1 amide bonds. The van der Waals surface area contributed by atoms with Crippen LogP contribution < -0.4 is 14.8 Å². The molecular weight excluding hydrogens is 448 g/mol. The van der Waals surface area contributed by atoms with Crippen molar-refractivity contribution >= 4 is 21.6 Å². The van der Waals surface area contributed by atoms with Crippen LogP contribution in [0.5, 0.6) is 5.75 Å². The van der Waals surface area contributed by atoms with Crippen molar-refractivity contribution in [1.29, 1.82) is 0 Å². The highest BCUT2D eigenvalue weighted by Crippen LogP contribution is 2.42. The maximum absolute atomic E-state index is 13.4. The molecule has 1 aliphatic heterocycles. The Morgan fingerprint density at radius 1 is 0.971 bits per heavy atom. The van der Waals surface area contributed by atoms with Crippen LogP contribution in [0.1, 0.15) is 60.6 Å². The summed E-state index contributed by atoms with van der Waals surface area (Å²) in [5, 5.41) is 3.18. The molecule has 0 aliphatic carbocycles. The van der Waals surface area contributed by atoms with Crippen molar-refractivity contribution in [2.24, 2.45) is 0 Å². The van der Waals surface area contributed by atoms with E-state index in [1.54, 1.807) is 43.3 Å². The van der Waals surface area contributed by atoms with E-state index < -0.39 is 10.0 Å². The highest BCUT2D eigenvalue weighted by atomic mass is 32.2. The molecule has 178 valence electrons. The van der Waals surface area contributed by atoms with Crippen LogP contribution >= 0.6 is 0 Å². The van der Waals surface area contributed by atoms with Crippen LogP contribution in [0.4, 0.5) is 5.69 Å². The molecule has 1 aliphatic rings. The number of fused-ring (bicyclic) bond motifs is 1. The van der Waals surface area contributed by atoms with Crippen LogP contribution in [-0.4, -0.2) is 19.9 Å². The summed E-state index contributed by atoms with van der Waals surface area (Å²) in [6.07, 6.45) is 2.34. The molecule has 0 spiro atoms. The van der Waals surface area contributed by atoms with Crippen molar-refractivity contribution in [1.82, 2.24) is 5.32 Å². The van der Waals surface area contributed by atoms with E-state index in [0.717, 1.165) is 24.2 Å². The lowest BCUT2D eigenvalue weighted by Crippen LogP contribution is -2.44. The van der Waals surface area contributed by atoms with Crippen molar-refractivity contribution in [3.8, 4) is 5.75 Å². The standard InChI is InChI=1S/C27H30N2O4S/c1-4-27(5-2)18-24(22-14-9-10-17-25(22)33-27)28-26(30)21-15-11-16-23(19(21)3)29-34(31,32)20-12-7-6-8-13-20/h6-17,24,29H,4-5,18H2,1-3H3,(H,28,30)/t24-/m0/s1. The van der Waals surface area contributed by atoms with Crippen molar-refractivity contribution in [3.05, 3.63) is 89.5 Å². The zero-order chi connectivity index (χ0) is 24.3. The zero-order valence-corrected chi connectivity index (χ0v) is 20.5. The number of ether oxygens (including phenoxy) is 1. The molecule has 1 atom stereocenters. The molecule has 0 bridgehead atoms. The van der Waals surface area contributed by atoms with Gasteiger partial charge < -0.3 is 10.1 Å². The predicted octanol–water partition coefficient (Wildman–Crippen LogP) is 5.61. The number of rotatable bonds is 7. The second-order valence-electron chi connectivity index (χ2n) is 8.66. The Kier molecular flexibility index (Phi) is 6.66. The summed E-state index contributed by atoms with van der Waals surface area (Å²) in [6.45, 7) is 5.95. The third kappa shape index (κ3) is 4.66. The first-order valence-electron chi connectivity index (χ1n) is 11.5. The number of anilines is 1. The molecule has 3 aromatic rings. The number of amides is 1. The maximum atomic E-state index is 13.4. The third-order valence-electron chi connectivity index (χ3n) is 6.67. The summed E-state index contributed by atoms with van der Waals surface area (Å²) in [5.74, 6) is 0.546. The molecular formula is C27H30N2O4S. The lowest BCUT2D eigenvalue weighted by atomic mass is 9.83. The number of carbonyl (C=O) groups excluding carboxylic acids is 1. The minimum absolute atomic E-state index is 0.165. The Morgan fingerprint density at radius 2 is 1.65 bits per heavy atom. The minimum atomic E-state index is -3.77. The van der Waals surface area contributed by atoms with E-state index in [4.69, 9.17) is 4.74 Å². The second-order valence-corrected chi connectivity index (χ2v) is 10.3. The topological polar surface area (TPSA) is 84.5 Å². The fourth-order valence-electron chi connectivity index (χ4n) is 4.46. The number of carbonyl (C=O) groups is 1. The largest absolute Gasteiger partial charge is 0.487 e. The summed E-state index contributed by atoms with van der Waals surface area (Å²) in [6, 6.07) is 20.8. The Hall–Kier alpha value is -3.32. The van der Waals surface area contributed by atoms with Gasteiger partial charge in [-0.15, -0.1) is 0 Å². The van der Waals surface area contributed by atoms with Gasteiger partial charge in [0.15, 0.2) is 0 Å². The van der Waals surface area contributed by atoms with Crippen molar-refractivity contribution < 1.29 is 17.9 Å². The van der Waals surface area contributed by atoms with Gasteiger partial charge in [0.25, 0.3) is 15.9 Å². The molecule has 0 fully saturated rings. The monoisotopic (exact) mass is 478 g/mol. The predicted molar refractivity (Wildman–Crippen MR) is 134 cm³/mol. The van der Waals surface area contributed by atoms with Crippen LogP contribution in [0.3, 0.4) is 0 Å². The fourth-order valence-corrected chi connectivity index (χ4v) is 5.61. The van der Waals surface area contributed by atoms with Crippen LogP contribution in [0, 0.1) is 6.92 Å². The van der Waals surface area contributed by atoms with Crippen molar-refractivity contribution in [2.45, 2.75) is 56.6 Å². The molecule has 2 N–H and O–H groups in total. The normalized spacial score (nSPS) is 16.7. The van der Waals surface area contributed by atoms with E-state index in [-0.39, 0.29) is 22.4 Å². The summed E-state index contributed by atoms with van der Waals surface area (Å²) < 4.78 is 34.6. The van der Waals surface area contributed by atoms with Gasteiger partial charge in [0.05, 0.1) is 16.6 Å². The number of sulfonamides is 1. The van der Waals surface area contributed by atoms with Gasteiger partial charge in [-0.2, -0.15) is 0 Å². The average molecular weight is 479 g/mol. The van der Waals surface area contributed by atoms with Gasteiger partial charge in [0, 0.05) is 17.5 Å². The van der Waals surface area contributed by atoms with Crippen molar-refractivity contribution in [2.75, 3.05) is 4.72 Å². The van der Waals surface area contributed by atoms with Gasteiger partial charge in [-0.1, -0.05) is 56.3 Å². The smallest absolute Gasteiger partial charge is 0.261 e. The first-order chi connectivity index (χ1) is 16.3. The van der Waals surface area contributed by atoms with Gasteiger partial charge in [0.1, 0.15) is 11.4 Å². The zero-order valence-electron chi connectivity index (χ0n) is 19.7. The number of para-hydroxylation sites is 1. The quantitative estimate of drug-likeness (QED) is 0.462. The molecule has 0 radical (unpaired) electrons. The number of nitrogens with one attached hydrogen (secondary N) is 2. The lowest BCUT2D eigenvalue weighted by Gasteiger charge is -2.41.